The summed E-state index contributed by atoms with van der Waals surface area (Å²) in [4.78, 5) is 35.7. The highest BCUT2D eigenvalue weighted by molar-refractivity contribution is 9.10. The number of halogens is 1. The first kappa shape index (κ1) is 28.9. The molecular formula is C34H32BrN9O. The van der Waals surface area contributed by atoms with Gasteiger partial charge in [-0.3, -0.25) is 14.5 Å². The van der Waals surface area contributed by atoms with Gasteiger partial charge in [0.05, 0.1) is 16.7 Å². The van der Waals surface area contributed by atoms with Crippen molar-refractivity contribution in [2.45, 2.75) is 19.0 Å². The van der Waals surface area contributed by atoms with Crippen molar-refractivity contribution in [3.05, 3.63) is 102 Å². The number of hydrogen-bond acceptors (Lipinski definition) is 7. The van der Waals surface area contributed by atoms with Crippen LogP contribution in [0, 0.1) is 0 Å². The van der Waals surface area contributed by atoms with Crippen LogP contribution < -0.4 is 10.6 Å². The fraction of sp³-hybridized carbons (Fsp3) is 0.206. The van der Waals surface area contributed by atoms with Crippen LogP contribution in [0.1, 0.15) is 6.92 Å². The Balaban J connectivity index is 1.05. The largest absolute Gasteiger partial charge is 0.350 e. The quantitative estimate of drug-likeness (QED) is 0.212. The summed E-state index contributed by atoms with van der Waals surface area (Å²) in [5.74, 6) is 1.24. The molecule has 0 unspecified atom stereocenters. The lowest BCUT2D eigenvalue weighted by molar-refractivity contribution is 0.108. The minimum Gasteiger partial charge on any atom is -0.350 e. The molecule has 45 heavy (non-hydrogen) atoms. The van der Waals surface area contributed by atoms with E-state index in [0.717, 1.165) is 55.5 Å². The number of carbonyl (C=O) groups excluding carboxylic acids is 1. The average molecular weight is 663 g/mol. The zero-order chi connectivity index (χ0) is 30.9. The van der Waals surface area contributed by atoms with Crippen molar-refractivity contribution in [2.75, 3.05) is 37.3 Å². The number of benzene rings is 3. The molecule has 226 valence electrons. The van der Waals surface area contributed by atoms with E-state index in [1.54, 1.807) is 24.9 Å². The molecule has 6 aromatic rings. The highest BCUT2D eigenvalue weighted by Gasteiger charge is 2.31. The molecular weight excluding hydrogens is 630 g/mol. The summed E-state index contributed by atoms with van der Waals surface area (Å²) in [6.07, 6.45) is 7.12. The maximum Gasteiger partial charge on any atom is 0.321 e. The Kier molecular flexibility index (Phi) is 7.86. The first-order valence-corrected chi connectivity index (χ1v) is 15.6. The van der Waals surface area contributed by atoms with Crippen LogP contribution in [0.2, 0.25) is 0 Å². The van der Waals surface area contributed by atoms with E-state index in [2.05, 4.69) is 78.6 Å². The predicted molar refractivity (Wildman–Crippen MR) is 182 cm³/mol. The second-order valence-electron chi connectivity index (χ2n) is 11.3. The zero-order valence-corrected chi connectivity index (χ0v) is 26.5. The molecule has 0 bridgehead atoms. The number of anilines is 2. The van der Waals surface area contributed by atoms with Gasteiger partial charge in [0.1, 0.15) is 12.1 Å². The number of likely N-dealkylation sites (N-methyl/N-ethyl adjacent to an activating group) is 1. The fourth-order valence-corrected chi connectivity index (χ4v) is 6.44. The zero-order valence-electron chi connectivity index (χ0n) is 24.9. The molecule has 0 spiro atoms. The summed E-state index contributed by atoms with van der Waals surface area (Å²) in [6, 6.07) is 23.9. The molecule has 11 heteroatoms. The topological polar surface area (TPSA) is 104 Å². The summed E-state index contributed by atoms with van der Waals surface area (Å²) in [6.45, 7) is 4.07. The smallest absolute Gasteiger partial charge is 0.321 e. The number of imidazole rings is 1. The highest BCUT2D eigenvalue weighted by atomic mass is 79.9. The first-order valence-electron chi connectivity index (χ1n) is 14.9. The van der Waals surface area contributed by atoms with E-state index in [4.69, 9.17) is 4.98 Å². The molecule has 0 saturated carbocycles. The number of hydrogen-bond donors (Lipinski definition) is 2. The van der Waals surface area contributed by atoms with E-state index in [1.165, 1.54) is 0 Å². The number of carbonyl (C=O) groups is 1. The molecule has 1 fully saturated rings. The van der Waals surface area contributed by atoms with Gasteiger partial charge in [0.15, 0.2) is 0 Å². The molecule has 1 aliphatic heterocycles. The minimum absolute atomic E-state index is 0.0307. The van der Waals surface area contributed by atoms with E-state index >= 15 is 0 Å². The number of urea groups is 1. The number of rotatable bonds is 6. The normalized spacial score (nSPS) is 16.2. The minimum atomic E-state index is -0.106. The van der Waals surface area contributed by atoms with Crippen molar-refractivity contribution >= 4 is 55.4 Å². The fourth-order valence-electron chi connectivity index (χ4n) is 5.96. The summed E-state index contributed by atoms with van der Waals surface area (Å²) in [7, 11) is 2.09. The van der Waals surface area contributed by atoms with Gasteiger partial charge < -0.3 is 15.5 Å². The Labute approximate surface area is 269 Å². The van der Waals surface area contributed by atoms with Crippen molar-refractivity contribution in [3.63, 3.8) is 0 Å². The SMILES string of the molecule is C[C@H](Nc1nccc(-n2cnc3cc(-c4ccncc4)ccc32)n1)[C@@H]1CN(C(=O)Nc2ccc(Br)c3ccccc23)CCN1C. The van der Waals surface area contributed by atoms with Gasteiger partial charge in [-0.2, -0.15) is 4.98 Å². The third kappa shape index (κ3) is 5.84. The molecule has 1 saturated heterocycles. The molecule has 4 heterocycles. The second kappa shape index (κ2) is 12.3. The van der Waals surface area contributed by atoms with Crippen molar-refractivity contribution in [1.82, 2.24) is 34.3 Å². The third-order valence-corrected chi connectivity index (χ3v) is 9.17. The van der Waals surface area contributed by atoms with Gasteiger partial charge in [-0.1, -0.05) is 46.3 Å². The summed E-state index contributed by atoms with van der Waals surface area (Å²) >= 11 is 3.62. The number of pyridine rings is 1. The number of aromatic nitrogens is 5. The lowest BCUT2D eigenvalue weighted by Gasteiger charge is -2.42. The van der Waals surface area contributed by atoms with Crippen LogP contribution in [0.4, 0.5) is 16.4 Å². The maximum absolute atomic E-state index is 13.4. The van der Waals surface area contributed by atoms with E-state index in [9.17, 15) is 4.79 Å². The molecule has 2 amide bonds. The molecule has 7 rings (SSSR count). The van der Waals surface area contributed by atoms with Crippen LogP contribution in [-0.4, -0.2) is 79.1 Å². The lowest BCUT2D eigenvalue weighted by atomic mass is 10.1. The average Bonchev–Trinajstić information content (AvgIpc) is 3.50. The number of nitrogens with zero attached hydrogens (tertiary/aromatic N) is 7. The Bertz CT molecular complexity index is 2000. The molecule has 0 radical (unpaired) electrons. The molecule has 0 aliphatic carbocycles. The van der Waals surface area contributed by atoms with Crippen molar-refractivity contribution in [1.29, 1.82) is 0 Å². The van der Waals surface area contributed by atoms with Gasteiger partial charge in [-0.05, 0) is 72.9 Å². The Morgan fingerprint density at radius 3 is 2.60 bits per heavy atom. The second-order valence-corrected chi connectivity index (χ2v) is 12.1. The molecule has 3 aromatic heterocycles. The van der Waals surface area contributed by atoms with Crippen LogP contribution in [0.3, 0.4) is 0 Å². The van der Waals surface area contributed by atoms with Gasteiger partial charge in [-0.15, -0.1) is 0 Å². The van der Waals surface area contributed by atoms with Gasteiger partial charge in [-0.25, -0.2) is 14.8 Å². The number of amides is 2. The highest BCUT2D eigenvalue weighted by Crippen LogP contribution is 2.30. The number of nitrogens with one attached hydrogen (secondary N) is 2. The van der Waals surface area contributed by atoms with Crippen LogP contribution in [0.25, 0.3) is 38.8 Å². The van der Waals surface area contributed by atoms with Gasteiger partial charge in [0.2, 0.25) is 5.95 Å². The van der Waals surface area contributed by atoms with E-state index in [1.807, 2.05) is 64.1 Å². The maximum atomic E-state index is 13.4. The van der Waals surface area contributed by atoms with Crippen LogP contribution in [-0.2, 0) is 0 Å². The summed E-state index contributed by atoms with van der Waals surface area (Å²) in [5.41, 5.74) is 4.81. The van der Waals surface area contributed by atoms with Crippen LogP contribution in [0.5, 0.6) is 0 Å². The van der Waals surface area contributed by atoms with Crippen molar-refractivity contribution in [3.8, 4) is 16.9 Å². The van der Waals surface area contributed by atoms with Crippen LogP contribution >= 0.6 is 15.9 Å². The van der Waals surface area contributed by atoms with E-state index < -0.39 is 0 Å². The molecule has 2 atom stereocenters. The molecule has 1 aliphatic rings. The monoisotopic (exact) mass is 661 g/mol. The predicted octanol–water partition coefficient (Wildman–Crippen LogP) is 6.44. The summed E-state index contributed by atoms with van der Waals surface area (Å²) in [5, 5.41) is 8.70. The molecule has 10 nitrogen and oxygen atoms in total. The van der Waals surface area contributed by atoms with Gasteiger partial charge in [0.25, 0.3) is 0 Å². The summed E-state index contributed by atoms with van der Waals surface area (Å²) < 4.78 is 2.96. The van der Waals surface area contributed by atoms with Gasteiger partial charge in [0, 0.05) is 60.2 Å². The van der Waals surface area contributed by atoms with E-state index in [0.29, 0.717) is 19.0 Å². The molecule has 3 aromatic carbocycles. The number of fused-ring (bicyclic) bond motifs is 2. The lowest BCUT2D eigenvalue weighted by Crippen LogP contribution is -2.59. The first-order chi connectivity index (χ1) is 21.9. The Morgan fingerprint density at radius 1 is 0.933 bits per heavy atom. The standard InChI is InChI=1S/C34H32BrN9O/c1-22(31-20-43(18-17-42(31)2)34(45)40-28-9-8-27(35)25-5-3-4-6-26(25)28)39-33-37-16-13-32(41-33)44-21-38-29-19-24(7-10-30(29)44)23-11-14-36-15-12-23/h3-16,19,21-22,31H,17-18,20H2,1-2H3,(H,40,45)(H,37,39,41)/t22-,31-/m0/s1. The number of piperazine rings is 1. The van der Waals surface area contributed by atoms with Crippen LogP contribution in [0.15, 0.2) is 102 Å². The Hall–Kier alpha value is -4.87. The Morgan fingerprint density at radius 2 is 1.76 bits per heavy atom. The van der Waals surface area contributed by atoms with Gasteiger partial charge >= 0.3 is 6.03 Å². The van der Waals surface area contributed by atoms with Crippen molar-refractivity contribution in [2.24, 2.45) is 0 Å². The van der Waals surface area contributed by atoms with E-state index in [-0.39, 0.29) is 18.1 Å². The van der Waals surface area contributed by atoms with Crippen molar-refractivity contribution < 1.29 is 4.79 Å². The third-order valence-electron chi connectivity index (χ3n) is 8.48. The molecule has 2 N–H and O–H groups in total.